The van der Waals surface area contributed by atoms with Gasteiger partial charge in [-0.15, -0.1) is 0 Å². The van der Waals surface area contributed by atoms with Gasteiger partial charge in [0.05, 0.1) is 12.5 Å². The van der Waals surface area contributed by atoms with Gasteiger partial charge in [0, 0.05) is 0 Å². The lowest BCUT2D eigenvalue weighted by molar-refractivity contribution is -0.154. The van der Waals surface area contributed by atoms with Crippen molar-refractivity contribution >= 4 is 5.97 Å². The third kappa shape index (κ3) is 2.74. The lowest BCUT2D eigenvalue weighted by atomic mass is 9.89. The van der Waals surface area contributed by atoms with Gasteiger partial charge in [-0.3, -0.25) is 4.79 Å². The monoisotopic (exact) mass is 230 g/mol. The van der Waals surface area contributed by atoms with Gasteiger partial charge >= 0.3 is 5.97 Å². The predicted molar refractivity (Wildman–Crippen MR) is 59.8 cm³/mol. The summed E-state index contributed by atoms with van der Waals surface area (Å²) in [7, 11) is 0. The Morgan fingerprint density at radius 3 is 2.56 bits per heavy atom. The molecule has 2 N–H and O–H groups in total. The van der Waals surface area contributed by atoms with Crippen LogP contribution in [0.2, 0.25) is 0 Å². The molecule has 1 aliphatic rings. The molecule has 0 amide bonds. The Morgan fingerprint density at radius 2 is 2.06 bits per heavy atom. The molecule has 0 radical (unpaired) electrons. The number of aliphatic hydroxyl groups excluding tert-OH is 2. The molecule has 4 nitrogen and oxygen atoms in total. The highest BCUT2D eigenvalue weighted by molar-refractivity contribution is 5.76. The maximum absolute atomic E-state index is 11.5. The summed E-state index contributed by atoms with van der Waals surface area (Å²) in [5.74, 6) is -0.838. The van der Waals surface area contributed by atoms with E-state index < -0.39 is 17.6 Å². The fraction of sp³-hybridized carbons (Fsp3) is 0.917. The standard InChI is InChI=1S/C12H22O4/c1-3-4-5-6-7-9-10(14)12(2,8-13)16-11(9)15/h9-10,13-14H,3-8H2,1-2H3/t9?,10?,12-/m1/s1. The molecule has 1 aliphatic heterocycles. The molecular weight excluding hydrogens is 208 g/mol. The zero-order chi connectivity index (χ0) is 12.2. The van der Waals surface area contributed by atoms with Crippen LogP contribution >= 0.6 is 0 Å². The summed E-state index contributed by atoms with van der Waals surface area (Å²) in [6.45, 7) is 3.37. The van der Waals surface area contributed by atoms with Crippen LogP contribution in [0, 0.1) is 5.92 Å². The highest BCUT2D eigenvalue weighted by Gasteiger charge is 2.51. The van der Waals surface area contributed by atoms with Crippen molar-refractivity contribution in [3.8, 4) is 0 Å². The van der Waals surface area contributed by atoms with Crippen LogP contribution in [0.25, 0.3) is 0 Å². The van der Waals surface area contributed by atoms with E-state index in [1.807, 2.05) is 0 Å². The maximum atomic E-state index is 11.5. The molecule has 0 aliphatic carbocycles. The molecule has 0 aromatic carbocycles. The first-order valence-electron chi connectivity index (χ1n) is 6.07. The molecule has 1 fully saturated rings. The van der Waals surface area contributed by atoms with E-state index in [9.17, 15) is 9.90 Å². The van der Waals surface area contributed by atoms with Gasteiger partial charge in [-0.05, 0) is 13.3 Å². The molecule has 16 heavy (non-hydrogen) atoms. The van der Waals surface area contributed by atoms with E-state index >= 15 is 0 Å². The average Bonchev–Trinajstić information content (AvgIpc) is 2.48. The number of esters is 1. The van der Waals surface area contributed by atoms with Crippen molar-refractivity contribution in [3.63, 3.8) is 0 Å². The van der Waals surface area contributed by atoms with Crippen molar-refractivity contribution in [3.05, 3.63) is 0 Å². The van der Waals surface area contributed by atoms with Gasteiger partial charge in [0.25, 0.3) is 0 Å². The summed E-state index contributed by atoms with van der Waals surface area (Å²) >= 11 is 0. The summed E-state index contributed by atoms with van der Waals surface area (Å²) < 4.78 is 5.04. The van der Waals surface area contributed by atoms with E-state index in [-0.39, 0.29) is 12.6 Å². The number of carbonyl (C=O) groups is 1. The zero-order valence-electron chi connectivity index (χ0n) is 10.1. The molecule has 0 aromatic heterocycles. The largest absolute Gasteiger partial charge is 0.454 e. The highest BCUT2D eigenvalue weighted by atomic mass is 16.6. The number of hydrogen-bond donors (Lipinski definition) is 2. The second kappa shape index (κ2) is 5.64. The van der Waals surface area contributed by atoms with Crippen LogP contribution in [0.5, 0.6) is 0 Å². The molecule has 0 bridgehead atoms. The predicted octanol–water partition coefficient (Wildman–Crippen LogP) is 1.24. The number of cyclic esters (lactones) is 1. The van der Waals surface area contributed by atoms with Crippen molar-refractivity contribution in [1.29, 1.82) is 0 Å². The van der Waals surface area contributed by atoms with Gasteiger partial charge in [0.2, 0.25) is 0 Å². The third-order valence-corrected chi connectivity index (χ3v) is 3.33. The molecular formula is C12H22O4. The highest BCUT2D eigenvalue weighted by Crippen LogP contribution is 2.34. The van der Waals surface area contributed by atoms with Crippen molar-refractivity contribution in [2.24, 2.45) is 5.92 Å². The summed E-state index contributed by atoms with van der Waals surface area (Å²) in [6, 6.07) is 0. The van der Waals surface area contributed by atoms with E-state index in [1.165, 1.54) is 0 Å². The van der Waals surface area contributed by atoms with Gasteiger partial charge < -0.3 is 14.9 Å². The van der Waals surface area contributed by atoms with Crippen LogP contribution in [0.15, 0.2) is 0 Å². The maximum Gasteiger partial charge on any atom is 0.312 e. The summed E-state index contributed by atoms with van der Waals surface area (Å²) in [4.78, 5) is 11.5. The number of aliphatic hydroxyl groups is 2. The molecule has 3 atom stereocenters. The molecule has 4 heteroatoms. The number of ether oxygens (including phenoxy) is 1. The minimum Gasteiger partial charge on any atom is -0.454 e. The minimum atomic E-state index is -1.10. The topological polar surface area (TPSA) is 66.8 Å². The Morgan fingerprint density at radius 1 is 1.38 bits per heavy atom. The summed E-state index contributed by atoms with van der Waals surface area (Å²) in [6.07, 6.45) is 4.05. The van der Waals surface area contributed by atoms with Crippen molar-refractivity contribution in [2.45, 2.75) is 57.7 Å². The lowest BCUT2D eigenvalue weighted by Gasteiger charge is -2.24. The molecule has 0 aromatic rings. The molecule has 1 saturated heterocycles. The molecule has 0 saturated carbocycles. The average molecular weight is 230 g/mol. The number of hydrogen-bond acceptors (Lipinski definition) is 4. The quantitative estimate of drug-likeness (QED) is 0.532. The van der Waals surface area contributed by atoms with E-state index in [0.717, 1.165) is 25.7 Å². The number of carbonyl (C=O) groups excluding carboxylic acids is 1. The Bertz CT molecular complexity index is 241. The van der Waals surface area contributed by atoms with Gasteiger partial charge in [0.15, 0.2) is 5.60 Å². The first-order chi connectivity index (χ1) is 7.55. The van der Waals surface area contributed by atoms with Crippen molar-refractivity contribution < 1.29 is 19.7 Å². The summed E-state index contributed by atoms with van der Waals surface area (Å²) in [5, 5.41) is 19.0. The fourth-order valence-corrected chi connectivity index (χ4v) is 2.11. The zero-order valence-corrected chi connectivity index (χ0v) is 10.1. The normalized spacial score (nSPS) is 34.1. The fourth-order valence-electron chi connectivity index (χ4n) is 2.11. The van der Waals surface area contributed by atoms with Crippen LogP contribution < -0.4 is 0 Å². The molecule has 2 unspecified atom stereocenters. The first-order valence-corrected chi connectivity index (χ1v) is 6.07. The van der Waals surface area contributed by atoms with E-state index in [0.29, 0.717) is 6.42 Å². The van der Waals surface area contributed by atoms with Gasteiger partial charge in [0.1, 0.15) is 6.10 Å². The first kappa shape index (κ1) is 13.5. The SMILES string of the molecule is CCCCCCC1C(=O)O[C@](C)(CO)C1O. The van der Waals surface area contributed by atoms with Crippen molar-refractivity contribution in [2.75, 3.05) is 6.61 Å². The Balaban J connectivity index is 2.45. The minimum absolute atomic E-state index is 0.328. The van der Waals surface area contributed by atoms with Gasteiger partial charge in [-0.25, -0.2) is 0 Å². The number of unbranched alkanes of at least 4 members (excludes halogenated alkanes) is 3. The Labute approximate surface area is 96.6 Å². The third-order valence-electron chi connectivity index (χ3n) is 3.33. The smallest absolute Gasteiger partial charge is 0.312 e. The van der Waals surface area contributed by atoms with Gasteiger partial charge in [-0.2, -0.15) is 0 Å². The van der Waals surface area contributed by atoms with Crippen LogP contribution in [-0.2, 0) is 9.53 Å². The van der Waals surface area contributed by atoms with Crippen LogP contribution in [0.4, 0.5) is 0 Å². The molecule has 1 rings (SSSR count). The van der Waals surface area contributed by atoms with E-state index in [4.69, 9.17) is 9.84 Å². The molecule has 0 spiro atoms. The number of rotatable bonds is 6. The van der Waals surface area contributed by atoms with Crippen molar-refractivity contribution in [1.82, 2.24) is 0 Å². The second-order valence-corrected chi connectivity index (χ2v) is 4.79. The van der Waals surface area contributed by atoms with Crippen LogP contribution in [0.1, 0.15) is 46.0 Å². The molecule has 1 heterocycles. The second-order valence-electron chi connectivity index (χ2n) is 4.79. The van der Waals surface area contributed by atoms with E-state index in [2.05, 4.69) is 6.92 Å². The van der Waals surface area contributed by atoms with Crippen LogP contribution in [0.3, 0.4) is 0 Å². The molecule has 94 valence electrons. The lowest BCUT2D eigenvalue weighted by Crippen LogP contribution is -2.41. The van der Waals surface area contributed by atoms with E-state index in [1.54, 1.807) is 6.92 Å². The van der Waals surface area contributed by atoms with Crippen LogP contribution in [-0.4, -0.2) is 34.5 Å². The van der Waals surface area contributed by atoms with Gasteiger partial charge in [-0.1, -0.05) is 32.6 Å². The Hall–Kier alpha value is -0.610. The Kier molecular flexibility index (Phi) is 4.74. The summed E-state index contributed by atoms with van der Waals surface area (Å²) in [5.41, 5.74) is -1.10.